The maximum Gasteiger partial charge on any atom is 0.412 e. The standard InChI is InChI=1S/C23H25ClF2N6O7/c1-11(9-38-10-12-6-14(32(35)36)19(37-5)18(26)17(12)25)28-21(33)15-8-27-20-13(7-16(24)30-31(15)20)29-22(34)39-23(2,3)4/h6-8,11H,9-10H2,1-5H3,(H,28,33)(H,29,34)/t11-/m1/s1. The van der Waals surface area contributed by atoms with E-state index in [1.807, 2.05) is 0 Å². The number of carbonyl (C=O) groups excluding carboxylic acids is 2. The molecule has 0 radical (unpaired) electrons. The fourth-order valence-electron chi connectivity index (χ4n) is 3.37. The number of hydrogen-bond acceptors (Lipinski definition) is 9. The Morgan fingerprint density at radius 1 is 1.26 bits per heavy atom. The molecule has 0 saturated heterocycles. The quantitative estimate of drug-likeness (QED) is 0.283. The Kier molecular flexibility index (Phi) is 8.86. The summed E-state index contributed by atoms with van der Waals surface area (Å²) in [5, 5.41) is 20.3. The van der Waals surface area contributed by atoms with Crippen LogP contribution in [0.2, 0.25) is 5.15 Å². The number of imidazole rings is 1. The molecule has 0 saturated carbocycles. The van der Waals surface area contributed by atoms with Crippen molar-refractivity contribution in [1.82, 2.24) is 19.9 Å². The first kappa shape index (κ1) is 29.4. The van der Waals surface area contributed by atoms with Gasteiger partial charge in [0.15, 0.2) is 22.3 Å². The highest BCUT2D eigenvalue weighted by molar-refractivity contribution is 6.29. The summed E-state index contributed by atoms with van der Waals surface area (Å²) >= 11 is 6.07. The van der Waals surface area contributed by atoms with Gasteiger partial charge >= 0.3 is 11.8 Å². The highest BCUT2D eigenvalue weighted by Crippen LogP contribution is 2.34. The van der Waals surface area contributed by atoms with Gasteiger partial charge in [-0.25, -0.2) is 18.7 Å². The minimum atomic E-state index is -1.51. The molecule has 2 amide bonds. The molecule has 2 heterocycles. The number of hydrogen-bond donors (Lipinski definition) is 2. The van der Waals surface area contributed by atoms with Crippen LogP contribution in [0.5, 0.6) is 5.75 Å². The second-order valence-corrected chi connectivity index (χ2v) is 9.64. The molecule has 0 aliphatic heterocycles. The number of nitro benzene ring substituents is 1. The number of halogens is 3. The van der Waals surface area contributed by atoms with Crippen LogP contribution in [0.25, 0.3) is 5.65 Å². The Hall–Kier alpha value is -4.11. The summed E-state index contributed by atoms with van der Waals surface area (Å²) in [6.45, 7) is 5.98. The molecule has 0 aliphatic rings. The molecular formula is C23H25ClF2N6O7. The van der Waals surface area contributed by atoms with Gasteiger partial charge in [0.1, 0.15) is 5.60 Å². The van der Waals surface area contributed by atoms with Crippen molar-refractivity contribution in [2.45, 2.75) is 45.9 Å². The third-order valence-corrected chi connectivity index (χ3v) is 5.11. The Labute approximate surface area is 225 Å². The highest BCUT2D eigenvalue weighted by atomic mass is 35.5. The van der Waals surface area contributed by atoms with Gasteiger partial charge in [0, 0.05) is 23.7 Å². The monoisotopic (exact) mass is 570 g/mol. The van der Waals surface area contributed by atoms with Gasteiger partial charge in [0.25, 0.3) is 5.91 Å². The van der Waals surface area contributed by atoms with E-state index in [-0.39, 0.29) is 28.8 Å². The topological polar surface area (TPSA) is 159 Å². The number of nitrogens with zero attached hydrogens (tertiary/aromatic N) is 4. The predicted octanol–water partition coefficient (Wildman–Crippen LogP) is 4.26. The van der Waals surface area contributed by atoms with Crippen molar-refractivity contribution in [2.24, 2.45) is 0 Å². The number of anilines is 1. The van der Waals surface area contributed by atoms with E-state index in [0.717, 1.165) is 17.7 Å². The summed E-state index contributed by atoms with van der Waals surface area (Å²) in [5.41, 5.74) is -1.65. The van der Waals surface area contributed by atoms with Gasteiger partial charge in [0.05, 0.1) is 37.1 Å². The van der Waals surface area contributed by atoms with Gasteiger partial charge in [0.2, 0.25) is 11.6 Å². The number of methoxy groups -OCH3 is 1. The van der Waals surface area contributed by atoms with E-state index >= 15 is 0 Å². The normalized spacial score (nSPS) is 12.2. The number of nitrogens with one attached hydrogen (secondary N) is 2. The van der Waals surface area contributed by atoms with Crippen molar-refractivity contribution in [2.75, 3.05) is 19.0 Å². The van der Waals surface area contributed by atoms with Crippen molar-refractivity contribution >= 4 is 40.6 Å². The lowest BCUT2D eigenvalue weighted by Crippen LogP contribution is -2.36. The number of rotatable bonds is 9. The maximum atomic E-state index is 14.3. The van der Waals surface area contributed by atoms with Crippen LogP contribution in [0.1, 0.15) is 43.7 Å². The Morgan fingerprint density at radius 3 is 2.56 bits per heavy atom. The van der Waals surface area contributed by atoms with E-state index in [9.17, 15) is 28.5 Å². The van der Waals surface area contributed by atoms with Crippen LogP contribution in [0.3, 0.4) is 0 Å². The molecule has 1 atom stereocenters. The van der Waals surface area contributed by atoms with E-state index in [4.69, 9.17) is 21.1 Å². The zero-order valence-corrected chi connectivity index (χ0v) is 22.3. The van der Waals surface area contributed by atoms with Crippen LogP contribution in [0.4, 0.5) is 25.0 Å². The molecule has 210 valence electrons. The fourth-order valence-corrected chi connectivity index (χ4v) is 3.55. The SMILES string of the molecule is COc1c([N+](=O)[O-])cc(COC[C@@H](C)NC(=O)c2cnc3c(NC(=O)OC(C)(C)C)cc(Cl)nn23)c(F)c1F. The summed E-state index contributed by atoms with van der Waals surface area (Å²) in [6.07, 6.45) is 0.459. The first-order valence-electron chi connectivity index (χ1n) is 11.3. The van der Waals surface area contributed by atoms with E-state index in [0.29, 0.717) is 0 Å². The van der Waals surface area contributed by atoms with Crippen LogP contribution in [0, 0.1) is 21.7 Å². The summed E-state index contributed by atoms with van der Waals surface area (Å²) < 4.78 is 44.7. The van der Waals surface area contributed by atoms with E-state index in [1.165, 1.54) is 12.3 Å². The number of aromatic nitrogens is 3. The lowest BCUT2D eigenvalue weighted by molar-refractivity contribution is -0.386. The molecule has 39 heavy (non-hydrogen) atoms. The van der Waals surface area contributed by atoms with E-state index in [2.05, 4.69) is 25.5 Å². The first-order valence-corrected chi connectivity index (χ1v) is 11.7. The number of fused-ring (bicyclic) bond motifs is 1. The minimum absolute atomic E-state index is 0.0227. The first-order chi connectivity index (χ1) is 18.2. The smallest absolute Gasteiger partial charge is 0.412 e. The van der Waals surface area contributed by atoms with Gasteiger partial charge in [-0.1, -0.05) is 11.6 Å². The Bertz CT molecular complexity index is 1430. The lowest BCUT2D eigenvalue weighted by atomic mass is 10.1. The number of nitro groups is 1. The summed E-state index contributed by atoms with van der Waals surface area (Å²) in [5.74, 6) is -4.31. The van der Waals surface area contributed by atoms with Crippen LogP contribution < -0.4 is 15.4 Å². The van der Waals surface area contributed by atoms with E-state index in [1.54, 1.807) is 27.7 Å². The van der Waals surface area contributed by atoms with Crippen molar-refractivity contribution in [3.8, 4) is 5.75 Å². The van der Waals surface area contributed by atoms with Gasteiger partial charge in [-0.3, -0.25) is 20.2 Å². The third-order valence-electron chi connectivity index (χ3n) is 4.93. The second kappa shape index (κ2) is 11.7. The summed E-state index contributed by atoms with van der Waals surface area (Å²) in [6, 6.07) is 1.51. The molecule has 0 aliphatic carbocycles. The molecule has 3 rings (SSSR count). The number of amides is 2. The van der Waals surface area contributed by atoms with Crippen molar-refractivity contribution in [3.63, 3.8) is 0 Å². The lowest BCUT2D eigenvalue weighted by Gasteiger charge is -2.19. The Balaban J connectivity index is 1.68. The maximum absolute atomic E-state index is 14.3. The summed E-state index contributed by atoms with van der Waals surface area (Å²) in [4.78, 5) is 39.4. The van der Waals surface area contributed by atoms with Gasteiger partial charge in [-0.15, -0.1) is 0 Å². The Morgan fingerprint density at radius 2 is 1.95 bits per heavy atom. The average molecular weight is 571 g/mol. The molecule has 1 aromatic carbocycles. The zero-order valence-electron chi connectivity index (χ0n) is 21.5. The fraction of sp³-hybridized carbons (Fsp3) is 0.391. The average Bonchev–Trinajstić information content (AvgIpc) is 3.24. The molecule has 2 N–H and O–H groups in total. The number of benzene rings is 1. The minimum Gasteiger partial charge on any atom is -0.488 e. The molecule has 13 nitrogen and oxygen atoms in total. The highest BCUT2D eigenvalue weighted by Gasteiger charge is 2.27. The molecule has 0 unspecified atom stereocenters. The third kappa shape index (κ3) is 7.06. The van der Waals surface area contributed by atoms with Crippen molar-refractivity contribution in [1.29, 1.82) is 0 Å². The molecule has 0 spiro atoms. The van der Waals surface area contributed by atoms with Crippen LogP contribution in [0.15, 0.2) is 18.3 Å². The number of carbonyl (C=O) groups is 2. The van der Waals surface area contributed by atoms with Crippen LogP contribution in [-0.4, -0.2) is 56.9 Å². The molecule has 3 aromatic rings. The molecule has 16 heteroatoms. The summed E-state index contributed by atoms with van der Waals surface area (Å²) in [7, 11) is 0.983. The van der Waals surface area contributed by atoms with Crippen molar-refractivity contribution < 1.29 is 37.5 Å². The van der Waals surface area contributed by atoms with Gasteiger partial charge in [-0.2, -0.15) is 9.49 Å². The van der Waals surface area contributed by atoms with Crippen LogP contribution in [-0.2, 0) is 16.1 Å². The predicted molar refractivity (Wildman–Crippen MR) is 134 cm³/mol. The largest absolute Gasteiger partial charge is 0.488 e. The van der Waals surface area contributed by atoms with Gasteiger partial charge in [-0.05, 0) is 27.7 Å². The molecule has 2 aromatic heterocycles. The van der Waals surface area contributed by atoms with Crippen LogP contribution >= 0.6 is 11.6 Å². The molecule has 0 bridgehead atoms. The van der Waals surface area contributed by atoms with E-state index < -0.39 is 63.8 Å². The van der Waals surface area contributed by atoms with Crippen molar-refractivity contribution in [3.05, 3.63) is 56.5 Å². The zero-order chi connectivity index (χ0) is 29.1. The molecular weight excluding hydrogens is 546 g/mol. The second-order valence-electron chi connectivity index (χ2n) is 9.25. The number of ether oxygens (including phenoxy) is 3. The molecule has 0 fully saturated rings. The van der Waals surface area contributed by atoms with Gasteiger partial charge < -0.3 is 19.5 Å².